The largest absolute Gasteiger partial charge is 0.494 e. The maximum atomic E-state index is 5.59. The molecule has 0 fully saturated rings. The lowest BCUT2D eigenvalue weighted by molar-refractivity contribution is 0.308. The summed E-state index contributed by atoms with van der Waals surface area (Å²) in [6.45, 7) is 2.38. The lowest BCUT2D eigenvalue weighted by Gasteiger charge is -2.06. The van der Waals surface area contributed by atoms with Crippen LogP contribution in [0, 0.1) is 0 Å². The van der Waals surface area contributed by atoms with Crippen LogP contribution in [0.1, 0.15) is 12.1 Å². The van der Waals surface area contributed by atoms with Crippen LogP contribution < -0.4 is 10.1 Å². The molecule has 0 amide bonds. The van der Waals surface area contributed by atoms with Crippen LogP contribution in [-0.4, -0.2) is 28.1 Å². The number of hydrogen-bond donors (Lipinski definition) is 1. The molecule has 0 saturated carbocycles. The number of para-hydroxylation sites is 1. The minimum atomic E-state index is 0.720. The van der Waals surface area contributed by atoms with E-state index in [0.29, 0.717) is 0 Å². The molecule has 2 rings (SSSR count). The lowest BCUT2D eigenvalue weighted by Crippen LogP contribution is -2.17. The first-order valence-corrected chi connectivity index (χ1v) is 6.08. The third-order valence-electron chi connectivity index (χ3n) is 2.47. The molecule has 0 unspecified atom stereocenters. The molecule has 0 bridgehead atoms. The van der Waals surface area contributed by atoms with Gasteiger partial charge >= 0.3 is 0 Å². The van der Waals surface area contributed by atoms with Crippen LogP contribution in [0.15, 0.2) is 36.5 Å². The Hall–Kier alpha value is -1.88. The van der Waals surface area contributed by atoms with Crippen molar-refractivity contribution in [2.45, 2.75) is 13.0 Å². The predicted octanol–water partition coefficient (Wildman–Crippen LogP) is 1.37. The van der Waals surface area contributed by atoms with E-state index >= 15 is 0 Å². The average molecular weight is 246 g/mol. The van der Waals surface area contributed by atoms with Crippen molar-refractivity contribution >= 4 is 0 Å². The van der Waals surface area contributed by atoms with Gasteiger partial charge < -0.3 is 10.1 Å². The summed E-state index contributed by atoms with van der Waals surface area (Å²) in [6.07, 6.45) is 2.88. The lowest BCUT2D eigenvalue weighted by atomic mass is 10.3. The van der Waals surface area contributed by atoms with Crippen LogP contribution in [0.5, 0.6) is 5.75 Å². The van der Waals surface area contributed by atoms with E-state index in [-0.39, 0.29) is 0 Å². The summed E-state index contributed by atoms with van der Waals surface area (Å²) in [7, 11) is 1.87. The molecule has 0 aliphatic carbocycles. The van der Waals surface area contributed by atoms with E-state index in [1.807, 2.05) is 43.6 Å². The molecule has 1 aromatic heterocycles. The van der Waals surface area contributed by atoms with Crippen molar-refractivity contribution in [3.63, 3.8) is 0 Å². The topological polar surface area (TPSA) is 52.0 Å². The van der Waals surface area contributed by atoms with Crippen molar-refractivity contribution in [1.82, 2.24) is 20.3 Å². The highest BCUT2D eigenvalue weighted by Crippen LogP contribution is 2.07. The number of rotatable bonds is 7. The molecule has 0 atom stereocenters. The molecule has 1 heterocycles. The average Bonchev–Trinajstić information content (AvgIpc) is 2.81. The second kappa shape index (κ2) is 6.76. The maximum Gasteiger partial charge on any atom is 0.119 e. The van der Waals surface area contributed by atoms with Crippen molar-refractivity contribution in [2.75, 3.05) is 13.2 Å². The van der Waals surface area contributed by atoms with Gasteiger partial charge in [-0.2, -0.15) is 0 Å². The fourth-order valence-corrected chi connectivity index (χ4v) is 1.60. The zero-order chi connectivity index (χ0) is 12.6. The molecule has 18 heavy (non-hydrogen) atoms. The molecule has 5 heteroatoms. The summed E-state index contributed by atoms with van der Waals surface area (Å²) in [5.41, 5.74) is 0.960. The molecular weight excluding hydrogens is 228 g/mol. The van der Waals surface area contributed by atoms with Gasteiger partial charge in [-0.3, -0.25) is 4.68 Å². The van der Waals surface area contributed by atoms with Crippen LogP contribution in [0.25, 0.3) is 0 Å². The molecule has 0 aliphatic rings. The Kier molecular flexibility index (Phi) is 4.72. The predicted molar refractivity (Wildman–Crippen MR) is 69.3 cm³/mol. The first-order valence-electron chi connectivity index (χ1n) is 6.08. The highest BCUT2D eigenvalue weighted by atomic mass is 16.5. The van der Waals surface area contributed by atoms with E-state index in [1.54, 1.807) is 4.68 Å². The smallest absolute Gasteiger partial charge is 0.119 e. The summed E-state index contributed by atoms with van der Waals surface area (Å²) in [5, 5.41) is 11.2. The Morgan fingerprint density at radius 2 is 2.11 bits per heavy atom. The van der Waals surface area contributed by atoms with E-state index in [1.165, 1.54) is 0 Å². The standard InChI is InChI=1S/C13H18N4O/c1-17-11-12(15-16-17)10-14-8-5-9-18-13-6-3-2-4-7-13/h2-4,6-7,11,14H,5,8-10H2,1H3. The van der Waals surface area contributed by atoms with Crippen molar-refractivity contribution in [2.24, 2.45) is 7.05 Å². The molecule has 2 aromatic rings. The van der Waals surface area contributed by atoms with Crippen molar-refractivity contribution in [1.29, 1.82) is 0 Å². The minimum absolute atomic E-state index is 0.720. The summed E-state index contributed by atoms with van der Waals surface area (Å²) in [6, 6.07) is 9.86. The van der Waals surface area contributed by atoms with E-state index < -0.39 is 0 Å². The second-order valence-electron chi connectivity index (χ2n) is 4.08. The zero-order valence-electron chi connectivity index (χ0n) is 10.5. The van der Waals surface area contributed by atoms with Gasteiger partial charge in [0.05, 0.1) is 12.3 Å². The molecule has 96 valence electrons. The normalized spacial score (nSPS) is 10.5. The van der Waals surface area contributed by atoms with Crippen LogP contribution in [0.2, 0.25) is 0 Å². The Balaban J connectivity index is 1.54. The number of nitrogens with zero attached hydrogens (tertiary/aromatic N) is 3. The van der Waals surface area contributed by atoms with Crippen LogP contribution in [0.4, 0.5) is 0 Å². The summed E-state index contributed by atoms with van der Waals surface area (Å²) in [4.78, 5) is 0. The second-order valence-corrected chi connectivity index (χ2v) is 4.08. The number of ether oxygens (including phenoxy) is 1. The minimum Gasteiger partial charge on any atom is -0.494 e. The van der Waals surface area contributed by atoms with E-state index in [4.69, 9.17) is 4.74 Å². The third kappa shape index (κ3) is 4.18. The van der Waals surface area contributed by atoms with Gasteiger partial charge in [-0.05, 0) is 25.1 Å². The summed E-state index contributed by atoms with van der Waals surface area (Å²) >= 11 is 0. The zero-order valence-corrected chi connectivity index (χ0v) is 10.5. The maximum absolute atomic E-state index is 5.59. The Morgan fingerprint density at radius 3 is 2.83 bits per heavy atom. The number of hydrogen-bond acceptors (Lipinski definition) is 4. The van der Waals surface area contributed by atoms with Gasteiger partial charge in [0.2, 0.25) is 0 Å². The van der Waals surface area contributed by atoms with Crippen LogP contribution in [-0.2, 0) is 13.6 Å². The van der Waals surface area contributed by atoms with Gasteiger partial charge in [-0.15, -0.1) is 5.10 Å². The van der Waals surface area contributed by atoms with Gasteiger partial charge in [0.15, 0.2) is 0 Å². The molecular formula is C13H18N4O. The Labute approximate surface area is 107 Å². The van der Waals surface area contributed by atoms with Crippen molar-refractivity contribution in [3.05, 3.63) is 42.2 Å². The number of benzene rings is 1. The van der Waals surface area contributed by atoms with E-state index in [9.17, 15) is 0 Å². The van der Waals surface area contributed by atoms with Gasteiger partial charge in [-0.25, -0.2) is 0 Å². The third-order valence-corrected chi connectivity index (χ3v) is 2.47. The molecule has 1 aromatic carbocycles. The highest BCUT2D eigenvalue weighted by Gasteiger charge is 1.97. The quantitative estimate of drug-likeness (QED) is 0.750. The van der Waals surface area contributed by atoms with Gasteiger partial charge in [-0.1, -0.05) is 23.4 Å². The monoisotopic (exact) mass is 246 g/mol. The van der Waals surface area contributed by atoms with Gasteiger partial charge in [0.25, 0.3) is 0 Å². The molecule has 1 N–H and O–H groups in total. The number of aromatic nitrogens is 3. The molecule has 0 aliphatic heterocycles. The van der Waals surface area contributed by atoms with Gasteiger partial charge in [0, 0.05) is 19.8 Å². The SMILES string of the molecule is Cn1cc(CNCCCOc2ccccc2)nn1. The van der Waals surface area contributed by atoms with Crippen LogP contribution >= 0.6 is 0 Å². The van der Waals surface area contributed by atoms with E-state index in [0.717, 1.165) is 37.6 Å². The Bertz CT molecular complexity index is 455. The first-order chi connectivity index (χ1) is 8.84. The fourth-order valence-electron chi connectivity index (χ4n) is 1.60. The molecule has 0 saturated heterocycles. The molecule has 0 radical (unpaired) electrons. The fraction of sp³-hybridized carbons (Fsp3) is 0.385. The van der Waals surface area contributed by atoms with Crippen molar-refractivity contribution in [3.8, 4) is 5.75 Å². The summed E-state index contributed by atoms with van der Waals surface area (Å²) in [5.74, 6) is 0.923. The summed E-state index contributed by atoms with van der Waals surface area (Å²) < 4.78 is 7.29. The molecule has 5 nitrogen and oxygen atoms in total. The number of nitrogens with one attached hydrogen (secondary N) is 1. The van der Waals surface area contributed by atoms with E-state index in [2.05, 4.69) is 15.6 Å². The van der Waals surface area contributed by atoms with Gasteiger partial charge in [0.1, 0.15) is 5.75 Å². The van der Waals surface area contributed by atoms with Crippen LogP contribution in [0.3, 0.4) is 0 Å². The highest BCUT2D eigenvalue weighted by molar-refractivity contribution is 5.20. The number of aryl methyl sites for hydroxylation is 1. The first kappa shape index (κ1) is 12.6. The molecule has 0 spiro atoms. The van der Waals surface area contributed by atoms with Crippen molar-refractivity contribution < 1.29 is 4.74 Å². The Morgan fingerprint density at radius 1 is 1.28 bits per heavy atom.